The van der Waals surface area contributed by atoms with Crippen LogP contribution in [0.1, 0.15) is 47.5 Å². The SMILES string of the molecule is CCC(C)C(NC(=O)C(NC(=O)C(NC(=O)C(N)CC(N)=O)C(C)O)C(C)C)C(=O)O. The van der Waals surface area contributed by atoms with Gasteiger partial charge >= 0.3 is 5.97 Å². The molecule has 4 amide bonds. The Morgan fingerprint density at radius 2 is 1.29 bits per heavy atom. The molecule has 0 saturated heterocycles. The molecule has 0 rings (SSSR count). The minimum absolute atomic E-state index is 0.346. The third-order valence-corrected chi connectivity index (χ3v) is 4.84. The number of aliphatic hydroxyl groups is 1. The molecule has 0 fully saturated rings. The number of carbonyl (C=O) groups excluding carboxylic acids is 4. The summed E-state index contributed by atoms with van der Waals surface area (Å²) in [5.41, 5.74) is 10.5. The Morgan fingerprint density at radius 3 is 1.68 bits per heavy atom. The van der Waals surface area contributed by atoms with Gasteiger partial charge in [0.25, 0.3) is 0 Å². The number of nitrogens with two attached hydrogens (primary N) is 2. The van der Waals surface area contributed by atoms with E-state index in [9.17, 15) is 34.2 Å². The maximum Gasteiger partial charge on any atom is 0.326 e. The Balaban J connectivity index is 5.41. The molecule has 0 spiro atoms. The lowest BCUT2D eigenvalue weighted by molar-refractivity contribution is -0.144. The van der Waals surface area contributed by atoms with Gasteiger partial charge in [0, 0.05) is 0 Å². The number of primary amides is 1. The number of hydrogen-bond donors (Lipinski definition) is 7. The maximum atomic E-state index is 12.7. The highest BCUT2D eigenvalue weighted by atomic mass is 16.4. The van der Waals surface area contributed by atoms with Crippen LogP contribution in [0.25, 0.3) is 0 Å². The molecular weight excluding hydrogens is 410 g/mol. The van der Waals surface area contributed by atoms with Gasteiger partial charge < -0.3 is 37.6 Å². The summed E-state index contributed by atoms with van der Waals surface area (Å²) in [5, 5.41) is 26.4. The first-order chi connectivity index (χ1) is 14.2. The lowest BCUT2D eigenvalue weighted by Crippen LogP contribution is -2.61. The third kappa shape index (κ3) is 9.30. The summed E-state index contributed by atoms with van der Waals surface area (Å²) in [4.78, 5) is 59.9. The minimum Gasteiger partial charge on any atom is -0.480 e. The Bertz CT molecular complexity index is 668. The molecule has 178 valence electrons. The van der Waals surface area contributed by atoms with Crippen LogP contribution in [0, 0.1) is 11.8 Å². The van der Waals surface area contributed by atoms with E-state index in [1.54, 1.807) is 27.7 Å². The van der Waals surface area contributed by atoms with Gasteiger partial charge in [-0.25, -0.2) is 4.79 Å². The van der Waals surface area contributed by atoms with Gasteiger partial charge in [0.15, 0.2) is 0 Å². The van der Waals surface area contributed by atoms with Gasteiger partial charge in [0.05, 0.1) is 18.6 Å². The van der Waals surface area contributed by atoms with E-state index in [0.29, 0.717) is 6.42 Å². The highest BCUT2D eigenvalue weighted by molar-refractivity contribution is 5.95. The monoisotopic (exact) mass is 445 g/mol. The molecule has 0 aliphatic carbocycles. The maximum absolute atomic E-state index is 12.7. The van der Waals surface area contributed by atoms with Crippen molar-refractivity contribution in [1.29, 1.82) is 0 Å². The number of hydrogen-bond acceptors (Lipinski definition) is 7. The molecule has 0 saturated carbocycles. The van der Waals surface area contributed by atoms with Crippen LogP contribution in [-0.2, 0) is 24.0 Å². The van der Waals surface area contributed by atoms with E-state index in [1.165, 1.54) is 6.92 Å². The summed E-state index contributed by atoms with van der Waals surface area (Å²) >= 11 is 0. The normalized spacial score (nSPS) is 16.9. The second-order valence-electron chi connectivity index (χ2n) is 7.94. The molecule has 0 aromatic heterocycles. The molecule has 6 atom stereocenters. The first kappa shape index (κ1) is 28.3. The molecule has 0 aromatic carbocycles. The third-order valence-electron chi connectivity index (χ3n) is 4.84. The number of rotatable bonds is 13. The predicted octanol–water partition coefficient (Wildman–Crippen LogP) is -2.19. The van der Waals surface area contributed by atoms with E-state index in [2.05, 4.69) is 16.0 Å². The fraction of sp³-hybridized carbons (Fsp3) is 0.737. The number of nitrogens with one attached hydrogen (secondary N) is 3. The van der Waals surface area contributed by atoms with Gasteiger partial charge in [0.1, 0.15) is 18.1 Å². The van der Waals surface area contributed by atoms with Crippen molar-refractivity contribution in [2.75, 3.05) is 0 Å². The molecule has 12 nitrogen and oxygen atoms in total. The molecular formula is C19H35N5O7. The van der Waals surface area contributed by atoms with Gasteiger partial charge in [-0.1, -0.05) is 34.1 Å². The molecule has 0 aliphatic heterocycles. The van der Waals surface area contributed by atoms with Crippen molar-refractivity contribution >= 4 is 29.6 Å². The van der Waals surface area contributed by atoms with Crippen LogP contribution in [0.15, 0.2) is 0 Å². The van der Waals surface area contributed by atoms with Gasteiger partial charge in [-0.3, -0.25) is 19.2 Å². The Hall–Kier alpha value is -2.73. The smallest absolute Gasteiger partial charge is 0.326 e. The zero-order valence-electron chi connectivity index (χ0n) is 18.5. The molecule has 0 radical (unpaired) electrons. The summed E-state index contributed by atoms with van der Waals surface area (Å²) < 4.78 is 0. The highest BCUT2D eigenvalue weighted by Crippen LogP contribution is 2.10. The number of carboxylic acids is 1. The number of aliphatic carboxylic acids is 1. The molecule has 31 heavy (non-hydrogen) atoms. The van der Waals surface area contributed by atoms with Gasteiger partial charge in [-0.15, -0.1) is 0 Å². The summed E-state index contributed by atoms with van der Waals surface area (Å²) in [6, 6.07) is -5.06. The summed E-state index contributed by atoms with van der Waals surface area (Å²) in [7, 11) is 0. The Morgan fingerprint density at radius 1 is 0.839 bits per heavy atom. The lowest BCUT2D eigenvalue weighted by Gasteiger charge is -2.29. The quantitative estimate of drug-likeness (QED) is 0.165. The second-order valence-corrected chi connectivity index (χ2v) is 7.94. The largest absolute Gasteiger partial charge is 0.480 e. The molecule has 6 unspecified atom stereocenters. The summed E-state index contributed by atoms with van der Waals surface area (Å²) in [6.45, 7) is 7.99. The minimum atomic E-state index is -1.47. The number of carboxylic acid groups (broad SMARTS) is 1. The van der Waals surface area contributed by atoms with Crippen LogP contribution >= 0.6 is 0 Å². The van der Waals surface area contributed by atoms with Crippen molar-refractivity contribution in [3.63, 3.8) is 0 Å². The van der Waals surface area contributed by atoms with Crippen molar-refractivity contribution < 1.29 is 34.2 Å². The summed E-state index contributed by atoms with van der Waals surface area (Å²) in [6.07, 6.45) is -1.30. The summed E-state index contributed by atoms with van der Waals surface area (Å²) in [5.74, 6) is -5.26. The highest BCUT2D eigenvalue weighted by Gasteiger charge is 2.34. The average Bonchev–Trinajstić information content (AvgIpc) is 2.65. The van der Waals surface area contributed by atoms with Crippen LogP contribution in [0.4, 0.5) is 0 Å². The molecule has 9 N–H and O–H groups in total. The number of carbonyl (C=O) groups is 5. The fourth-order valence-corrected chi connectivity index (χ4v) is 2.68. The van der Waals surface area contributed by atoms with Crippen LogP contribution in [-0.4, -0.2) is 70.1 Å². The molecule has 0 bridgehead atoms. The zero-order valence-corrected chi connectivity index (χ0v) is 18.5. The van der Waals surface area contributed by atoms with Gasteiger partial charge in [0.2, 0.25) is 23.6 Å². The van der Waals surface area contributed by atoms with Crippen molar-refractivity contribution in [2.45, 2.75) is 77.7 Å². The topological polar surface area (TPSA) is 214 Å². The van der Waals surface area contributed by atoms with Crippen molar-refractivity contribution in [2.24, 2.45) is 23.3 Å². The number of amides is 4. The van der Waals surface area contributed by atoms with E-state index < -0.39 is 72.2 Å². The first-order valence-electron chi connectivity index (χ1n) is 10.1. The van der Waals surface area contributed by atoms with Crippen molar-refractivity contribution in [3.8, 4) is 0 Å². The Kier molecular flexibility index (Phi) is 11.7. The lowest BCUT2D eigenvalue weighted by atomic mass is 9.97. The van der Waals surface area contributed by atoms with Gasteiger partial charge in [-0.2, -0.15) is 0 Å². The predicted molar refractivity (Wildman–Crippen MR) is 111 cm³/mol. The molecule has 0 aromatic rings. The molecule has 12 heteroatoms. The Labute approximate surface area is 181 Å². The standard InChI is InChI=1S/C19H35N5O7/c1-6-9(4)14(19(30)31)23-17(28)13(8(2)3)22-18(29)15(10(5)25)24-16(27)11(20)7-12(21)26/h8-11,13-15,25H,6-7,20H2,1-5H3,(H2,21,26)(H,22,29)(H,23,28)(H,24,27)(H,30,31). The van der Waals surface area contributed by atoms with E-state index in [1.807, 2.05) is 0 Å². The van der Waals surface area contributed by atoms with E-state index in [0.717, 1.165) is 0 Å². The second kappa shape index (κ2) is 12.8. The van der Waals surface area contributed by atoms with Crippen LogP contribution in [0.5, 0.6) is 0 Å². The molecule has 0 heterocycles. The van der Waals surface area contributed by atoms with Gasteiger partial charge in [-0.05, 0) is 18.8 Å². The van der Waals surface area contributed by atoms with Crippen molar-refractivity contribution in [1.82, 2.24) is 16.0 Å². The van der Waals surface area contributed by atoms with Crippen LogP contribution < -0.4 is 27.4 Å². The fourth-order valence-electron chi connectivity index (χ4n) is 2.68. The van der Waals surface area contributed by atoms with E-state index in [4.69, 9.17) is 11.5 Å². The van der Waals surface area contributed by atoms with E-state index in [-0.39, 0.29) is 5.92 Å². The average molecular weight is 446 g/mol. The zero-order chi connectivity index (χ0) is 24.5. The first-order valence-corrected chi connectivity index (χ1v) is 10.1. The van der Waals surface area contributed by atoms with Crippen LogP contribution in [0.3, 0.4) is 0 Å². The number of aliphatic hydroxyl groups excluding tert-OH is 1. The van der Waals surface area contributed by atoms with Crippen molar-refractivity contribution in [3.05, 3.63) is 0 Å². The van der Waals surface area contributed by atoms with Crippen LogP contribution in [0.2, 0.25) is 0 Å². The molecule has 0 aliphatic rings. The van der Waals surface area contributed by atoms with E-state index >= 15 is 0 Å².